The van der Waals surface area contributed by atoms with Crippen molar-refractivity contribution in [3.63, 3.8) is 0 Å². The third-order valence-corrected chi connectivity index (χ3v) is 8.65. The van der Waals surface area contributed by atoms with E-state index in [1.165, 1.54) is 25.6 Å². The Morgan fingerprint density at radius 3 is 1.33 bits per heavy atom. The van der Waals surface area contributed by atoms with Crippen LogP contribution in [0.1, 0.15) is 58.8 Å². The molecule has 0 radical (unpaired) electrons. The number of nitrogens with zero attached hydrogens (tertiary/aromatic N) is 3. The van der Waals surface area contributed by atoms with Gasteiger partial charge >= 0.3 is 5.97 Å². The molecule has 0 heterocycles. The lowest BCUT2D eigenvalue weighted by molar-refractivity contribution is -0.142. The number of nitrogens with two attached hydrogens (primary N) is 7. The number of carbonyl (C=O) groups excluding carboxylic acids is 6. The van der Waals surface area contributed by atoms with Gasteiger partial charge in [0.25, 0.3) is 0 Å². The fourth-order valence-electron chi connectivity index (χ4n) is 4.79. The minimum atomic E-state index is -1.53. The molecule has 0 aliphatic heterocycles. The highest BCUT2D eigenvalue weighted by atomic mass is 32.2. The van der Waals surface area contributed by atoms with Crippen molar-refractivity contribution in [2.75, 3.05) is 38.2 Å². The Kier molecular flexibility index (Phi) is 25.9. The second-order valence-corrected chi connectivity index (χ2v) is 13.9. The maximum atomic E-state index is 13.6. The summed E-state index contributed by atoms with van der Waals surface area (Å²) in [7, 11) is 0. The van der Waals surface area contributed by atoms with E-state index in [2.05, 4.69) is 46.9 Å². The summed E-state index contributed by atoms with van der Waals surface area (Å²) in [4.78, 5) is 102. The summed E-state index contributed by atoms with van der Waals surface area (Å²) >= 11 is 1.37. The molecule has 0 fully saturated rings. The number of carboxylic acid groups (broad SMARTS) is 1. The van der Waals surface area contributed by atoms with Gasteiger partial charge in [0.05, 0.1) is 12.6 Å². The van der Waals surface area contributed by atoms with Crippen molar-refractivity contribution in [1.82, 2.24) is 31.9 Å². The molecule has 330 valence electrons. The van der Waals surface area contributed by atoms with Gasteiger partial charge in [-0.25, -0.2) is 4.79 Å². The van der Waals surface area contributed by atoms with Gasteiger partial charge in [-0.2, -0.15) is 11.8 Å². The van der Waals surface area contributed by atoms with Crippen LogP contribution in [-0.2, 0) is 33.6 Å². The number of carboxylic acids is 1. The van der Waals surface area contributed by atoms with E-state index in [-0.39, 0.29) is 76.0 Å². The second-order valence-electron chi connectivity index (χ2n) is 13.0. The Labute approximate surface area is 340 Å². The zero-order valence-electron chi connectivity index (χ0n) is 33.1. The van der Waals surface area contributed by atoms with Gasteiger partial charge < -0.3 is 82.2 Å². The smallest absolute Gasteiger partial charge is 0.326 e. The average molecular weight is 847 g/mol. The molecule has 0 aliphatic rings. The number of guanidine groups is 3. The van der Waals surface area contributed by atoms with Crippen molar-refractivity contribution in [3.8, 4) is 0 Å². The Balaban J connectivity index is 5.84. The quantitative estimate of drug-likeness (QED) is 0.0189. The number of amides is 6. The maximum Gasteiger partial charge on any atom is 0.326 e. The molecule has 25 nitrogen and oxygen atoms in total. The molecule has 0 rings (SSSR count). The fourth-order valence-corrected chi connectivity index (χ4v) is 5.26. The van der Waals surface area contributed by atoms with E-state index in [1.54, 1.807) is 6.26 Å². The Bertz CT molecular complexity index is 1460. The van der Waals surface area contributed by atoms with E-state index < -0.39 is 90.3 Å². The third kappa shape index (κ3) is 22.8. The number of hydrogen-bond acceptors (Lipinski definition) is 13. The summed E-state index contributed by atoms with van der Waals surface area (Å²) in [5.41, 5.74) is 38.3. The number of aliphatic hydroxyl groups is 1. The highest BCUT2D eigenvalue weighted by molar-refractivity contribution is 7.98. The van der Waals surface area contributed by atoms with Gasteiger partial charge in [-0.3, -0.25) is 43.7 Å². The van der Waals surface area contributed by atoms with Crippen LogP contribution in [0.25, 0.3) is 0 Å². The summed E-state index contributed by atoms with van der Waals surface area (Å²) in [6, 6.07) is -8.88. The number of nitrogens with one attached hydrogen (secondary N) is 6. The van der Waals surface area contributed by atoms with Crippen LogP contribution in [-0.4, -0.2) is 150 Å². The van der Waals surface area contributed by atoms with Crippen molar-refractivity contribution in [1.29, 1.82) is 0 Å². The van der Waals surface area contributed by atoms with Gasteiger partial charge in [0.2, 0.25) is 35.4 Å². The molecule has 0 aromatic heterocycles. The van der Waals surface area contributed by atoms with Crippen LogP contribution < -0.4 is 72.0 Å². The number of aliphatic carboxylic acids is 1. The molecule has 7 atom stereocenters. The van der Waals surface area contributed by atoms with Gasteiger partial charge in [-0.1, -0.05) is 0 Å². The number of aliphatic imine (C=N–C) groups is 3. The highest BCUT2D eigenvalue weighted by Gasteiger charge is 2.31. The first-order valence-electron chi connectivity index (χ1n) is 18.3. The largest absolute Gasteiger partial charge is 0.480 e. The molecule has 0 aromatic carbocycles. The number of hydrogen-bond donors (Lipinski definition) is 15. The fraction of sp³-hybridized carbons (Fsp3) is 0.688. The van der Waals surface area contributed by atoms with E-state index in [0.717, 1.165) is 0 Å². The Morgan fingerprint density at radius 2 is 0.897 bits per heavy atom. The van der Waals surface area contributed by atoms with Crippen LogP contribution in [0.15, 0.2) is 15.0 Å². The molecule has 26 heteroatoms. The summed E-state index contributed by atoms with van der Waals surface area (Å²) in [6.45, 7) is 2.14. The summed E-state index contributed by atoms with van der Waals surface area (Å²) in [5, 5.41) is 33.6. The zero-order chi connectivity index (χ0) is 44.4. The molecule has 6 amide bonds. The first-order valence-corrected chi connectivity index (χ1v) is 19.7. The van der Waals surface area contributed by atoms with Gasteiger partial charge in [-0.15, -0.1) is 0 Å². The monoisotopic (exact) mass is 846 g/mol. The predicted octanol–water partition coefficient (Wildman–Crippen LogP) is -6.75. The minimum Gasteiger partial charge on any atom is -0.480 e. The van der Waals surface area contributed by atoms with Gasteiger partial charge in [0.1, 0.15) is 36.3 Å². The molecule has 0 aromatic rings. The van der Waals surface area contributed by atoms with Crippen LogP contribution in [0.4, 0.5) is 0 Å². The summed E-state index contributed by atoms with van der Waals surface area (Å²) in [5.74, 6) is -6.30. The molecule has 0 unspecified atom stereocenters. The van der Waals surface area contributed by atoms with Gasteiger partial charge in [0.15, 0.2) is 17.9 Å². The number of rotatable bonds is 29. The topological polar surface area (TPSA) is 451 Å². The van der Waals surface area contributed by atoms with E-state index in [0.29, 0.717) is 12.2 Å². The van der Waals surface area contributed by atoms with Crippen LogP contribution in [0.3, 0.4) is 0 Å². The molecular weight excluding hydrogens is 785 g/mol. The van der Waals surface area contributed by atoms with Gasteiger partial charge in [0, 0.05) is 19.6 Å². The first-order chi connectivity index (χ1) is 27.2. The van der Waals surface area contributed by atoms with E-state index >= 15 is 0 Å². The standard InChI is InChI=1S/C32H62N16O9S/c1-16(23(50)43-17(2)24(51)48-22(15-49)28(55)47-21(29(56)57)10-14-58-3)44-26(53)19(8-5-12-41-31(36)37)46-27(54)20(9-6-13-42-32(38)39)45-25(52)18(33)7-4-11-40-30(34)35/h16-22,49H,4-15,33H2,1-3H3,(H,43,50)(H,44,53)(H,45,52)(H,46,54)(H,47,55)(H,48,51)(H,56,57)(H4,34,35,40)(H4,36,37,41)(H4,38,39,42)/t16-,17-,18-,19-,20-,21-,22-/m0/s1. The zero-order valence-corrected chi connectivity index (χ0v) is 33.9. The normalized spacial score (nSPS) is 14.3. The van der Waals surface area contributed by atoms with E-state index in [9.17, 15) is 43.8 Å². The summed E-state index contributed by atoms with van der Waals surface area (Å²) < 4.78 is 0. The molecule has 0 saturated heterocycles. The number of aliphatic hydroxyl groups excluding tert-OH is 1. The first kappa shape index (κ1) is 52.4. The van der Waals surface area contributed by atoms with Crippen LogP contribution >= 0.6 is 11.8 Å². The number of thioether (sulfide) groups is 1. The van der Waals surface area contributed by atoms with Crippen LogP contribution in [0, 0.1) is 0 Å². The van der Waals surface area contributed by atoms with Crippen LogP contribution in [0.5, 0.6) is 0 Å². The molecule has 0 bridgehead atoms. The highest BCUT2D eigenvalue weighted by Crippen LogP contribution is 2.06. The van der Waals surface area contributed by atoms with Crippen molar-refractivity contribution >= 4 is 71.1 Å². The molecule has 22 N–H and O–H groups in total. The SMILES string of the molecule is CSCC[C@H](NC(=O)[C@H](CO)NC(=O)[C@H](C)NC(=O)[C@H](C)NC(=O)[C@H](CCCN=C(N)N)NC(=O)[C@H](CCCN=C(N)N)NC(=O)[C@@H](N)CCCN=C(N)N)C(=O)O. The molecule has 0 spiro atoms. The molecule has 0 aliphatic carbocycles. The lowest BCUT2D eigenvalue weighted by Crippen LogP contribution is -2.59. The lowest BCUT2D eigenvalue weighted by Gasteiger charge is -2.25. The molecule has 0 saturated carbocycles. The molecular formula is C32H62N16O9S. The molecule has 58 heavy (non-hydrogen) atoms. The lowest BCUT2D eigenvalue weighted by atomic mass is 10.1. The number of carbonyl (C=O) groups is 7. The third-order valence-electron chi connectivity index (χ3n) is 8.01. The van der Waals surface area contributed by atoms with Crippen LogP contribution in [0.2, 0.25) is 0 Å². The van der Waals surface area contributed by atoms with Gasteiger partial charge in [-0.05, 0) is 70.8 Å². The Morgan fingerprint density at radius 1 is 0.534 bits per heavy atom. The average Bonchev–Trinajstić information content (AvgIpc) is 3.15. The maximum absolute atomic E-state index is 13.6. The van der Waals surface area contributed by atoms with E-state index in [1.807, 2.05) is 0 Å². The van der Waals surface area contributed by atoms with Crippen molar-refractivity contribution in [2.24, 2.45) is 55.1 Å². The minimum absolute atomic E-state index is 0.0227. The second kappa shape index (κ2) is 28.7. The van der Waals surface area contributed by atoms with Crippen molar-refractivity contribution in [2.45, 2.75) is 101 Å². The van der Waals surface area contributed by atoms with Crippen molar-refractivity contribution in [3.05, 3.63) is 0 Å². The van der Waals surface area contributed by atoms with Crippen molar-refractivity contribution < 1.29 is 43.8 Å². The predicted molar refractivity (Wildman–Crippen MR) is 218 cm³/mol. The van der Waals surface area contributed by atoms with E-state index in [4.69, 9.17) is 40.1 Å². The summed E-state index contributed by atoms with van der Waals surface area (Å²) in [6.07, 6.45) is 2.86. The Hall–Kier alpha value is -5.63.